The zero-order chi connectivity index (χ0) is 17.8. The van der Waals surface area contributed by atoms with Gasteiger partial charge in [0, 0.05) is 26.3 Å². The molecule has 144 valence electrons. The third-order valence-corrected chi connectivity index (χ3v) is 3.81. The van der Waals surface area contributed by atoms with E-state index >= 15 is 0 Å². The molecule has 1 aromatic carbocycles. The van der Waals surface area contributed by atoms with Crippen LogP contribution in [0.25, 0.3) is 0 Å². The van der Waals surface area contributed by atoms with Gasteiger partial charge in [0.05, 0.1) is 25.2 Å². The molecule has 1 aromatic rings. The predicted molar refractivity (Wildman–Crippen MR) is 117 cm³/mol. The van der Waals surface area contributed by atoms with Crippen molar-refractivity contribution in [2.24, 2.45) is 4.99 Å². The molecule has 0 bridgehead atoms. The van der Waals surface area contributed by atoms with E-state index in [0.29, 0.717) is 18.0 Å². The normalized spacial score (nSPS) is 10.8. The van der Waals surface area contributed by atoms with E-state index in [9.17, 15) is 0 Å². The van der Waals surface area contributed by atoms with E-state index in [0.717, 1.165) is 48.7 Å². The molecule has 0 aliphatic rings. The number of aliphatic imine (C=N–C) groups is 1. The van der Waals surface area contributed by atoms with Crippen LogP contribution in [0.3, 0.4) is 0 Å². The van der Waals surface area contributed by atoms with E-state index < -0.39 is 0 Å². The van der Waals surface area contributed by atoms with E-state index in [1.165, 1.54) is 0 Å². The quantitative estimate of drug-likeness (QED) is 0.210. The average molecular weight is 530 g/mol. The minimum atomic E-state index is 0. The Morgan fingerprint density at radius 1 is 1.16 bits per heavy atom. The van der Waals surface area contributed by atoms with Gasteiger partial charge in [-0.15, -0.1) is 24.0 Å². The molecule has 0 aliphatic carbocycles. The molecule has 0 heterocycles. The Morgan fingerprint density at radius 3 is 2.52 bits per heavy atom. The topological polar surface area (TPSA) is 64.1 Å². The molecule has 0 aliphatic heterocycles. The lowest BCUT2D eigenvalue weighted by Crippen LogP contribution is -2.38. The third-order valence-electron chi connectivity index (χ3n) is 3.22. The maximum Gasteiger partial charge on any atom is 0.191 e. The van der Waals surface area contributed by atoms with E-state index in [4.69, 9.17) is 14.2 Å². The number of benzene rings is 1. The molecule has 0 radical (unpaired) electrons. The van der Waals surface area contributed by atoms with E-state index in [2.05, 4.69) is 31.6 Å². The van der Waals surface area contributed by atoms with Crippen LogP contribution < -0.4 is 20.1 Å². The number of guanidine groups is 1. The van der Waals surface area contributed by atoms with Gasteiger partial charge in [-0.2, -0.15) is 0 Å². The molecule has 1 rings (SSSR count). The second-order valence-electron chi connectivity index (χ2n) is 4.99. The van der Waals surface area contributed by atoms with Crippen molar-refractivity contribution in [3.63, 3.8) is 0 Å². The summed E-state index contributed by atoms with van der Waals surface area (Å²) in [6.07, 6.45) is 0.945. The van der Waals surface area contributed by atoms with Gasteiger partial charge in [-0.1, -0.05) is 0 Å². The van der Waals surface area contributed by atoms with Crippen LogP contribution in [-0.4, -0.2) is 46.5 Å². The van der Waals surface area contributed by atoms with E-state index in [1.807, 2.05) is 26.0 Å². The SMILES string of the molecule is CCNC(=NCc1cc(Br)c(OC)c(OC)c1)NCCCOCC.I. The number of ether oxygens (including phenoxy) is 3. The van der Waals surface area contributed by atoms with Crippen LogP contribution in [0.2, 0.25) is 0 Å². The fourth-order valence-corrected chi connectivity index (χ4v) is 2.75. The Bertz CT molecular complexity index is 530. The monoisotopic (exact) mass is 529 g/mol. The summed E-state index contributed by atoms with van der Waals surface area (Å²) in [6.45, 7) is 7.73. The first-order valence-corrected chi connectivity index (χ1v) is 8.95. The van der Waals surface area contributed by atoms with Crippen molar-refractivity contribution < 1.29 is 14.2 Å². The average Bonchev–Trinajstić information content (AvgIpc) is 2.58. The minimum absolute atomic E-state index is 0. The Hall–Kier alpha value is -0.740. The summed E-state index contributed by atoms with van der Waals surface area (Å²) in [5.74, 6) is 2.16. The van der Waals surface area contributed by atoms with Gasteiger partial charge >= 0.3 is 0 Å². The third kappa shape index (κ3) is 8.96. The van der Waals surface area contributed by atoms with Crippen LogP contribution >= 0.6 is 39.9 Å². The Kier molecular flexibility index (Phi) is 14.0. The second-order valence-corrected chi connectivity index (χ2v) is 5.84. The van der Waals surface area contributed by atoms with Gasteiger partial charge < -0.3 is 24.8 Å². The summed E-state index contributed by atoms with van der Waals surface area (Å²) in [6, 6.07) is 3.93. The van der Waals surface area contributed by atoms with Crippen molar-refractivity contribution in [1.82, 2.24) is 10.6 Å². The van der Waals surface area contributed by atoms with Crippen LogP contribution in [0, 0.1) is 0 Å². The highest BCUT2D eigenvalue weighted by Crippen LogP contribution is 2.36. The Morgan fingerprint density at radius 2 is 1.92 bits per heavy atom. The predicted octanol–water partition coefficient (Wildman–Crippen LogP) is 3.57. The number of hydrogen-bond donors (Lipinski definition) is 2. The van der Waals surface area contributed by atoms with Crippen molar-refractivity contribution >= 4 is 45.9 Å². The van der Waals surface area contributed by atoms with Crippen LogP contribution in [-0.2, 0) is 11.3 Å². The van der Waals surface area contributed by atoms with Gasteiger partial charge in [0.2, 0.25) is 0 Å². The van der Waals surface area contributed by atoms with Gasteiger partial charge in [-0.05, 0) is 53.9 Å². The fourth-order valence-electron chi connectivity index (χ4n) is 2.10. The molecule has 6 nitrogen and oxygen atoms in total. The fraction of sp³-hybridized carbons (Fsp3) is 0.588. The van der Waals surface area contributed by atoms with Crippen LogP contribution in [0.15, 0.2) is 21.6 Å². The smallest absolute Gasteiger partial charge is 0.191 e. The number of methoxy groups -OCH3 is 2. The highest BCUT2D eigenvalue weighted by Gasteiger charge is 2.10. The molecule has 8 heteroatoms. The number of nitrogens with zero attached hydrogens (tertiary/aromatic N) is 1. The summed E-state index contributed by atoms with van der Waals surface area (Å²) in [7, 11) is 3.25. The lowest BCUT2D eigenvalue weighted by atomic mass is 10.2. The molecular formula is C17H29BrIN3O3. The summed E-state index contributed by atoms with van der Waals surface area (Å²) in [4.78, 5) is 4.61. The number of hydrogen-bond acceptors (Lipinski definition) is 4. The van der Waals surface area contributed by atoms with E-state index in [1.54, 1.807) is 14.2 Å². The van der Waals surface area contributed by atoms with Gasteiger partial charge in [-0.25, -0.2) is 4.99 Å². The summed E-state index contributed by atoms with van der Waals surface area (Å²) >= 11 is 3.50. The largest absolute Gasteiger partial charge is 0.493 e. The van der Waals surface area contributed by atoms with E-state index in [-0.39, 0.29) is 24.0 Å². The first-order chi connectivity index (χ1) is 11.7. The van der Waals surface area contributed by atoms with Gasteiger partial charge in [0.1, 0.15) is 0 Å². The number of nitrogens with one attached hydrogen (secondary N) is 2. The zero-order valence-electron chi connectivity index (χ0n) is 15.4. The molecule has 0 saturated carbocycles. The van der Waals surface area contributed by atoms with Crippen LogP contribution in [0.5, 0.6) is 11.5 Å². The van der Waals surface area contributed by atoms with Crippen molar-refractivity contribution in [2.75, 3.05) is 40.5 Å². The first-order valence-electron chi connectivity index (χ1n) is 8.16. The lowest BCUT2D eigenvalue weighted by Gasteiger charge is -2.13. The van der Waals surface area contributed by atoms with Crippen molar-refractivity contribution in [1.29, 1.82) is 0 Å². The Labute approximate surface area is 176 Å². The lowest BCUT2D eigenvalue weighted by molar-refractivity contribution is 0.145. The maximum atomic E-state index is 5.37. The molecule has 0 unspecified atom stereocenters. The first kappa shape index (κ1) is 24.3. The summed E-state index contributed by atoms with van der Waals surface area (Å²) < 4.78 is 16.9. The van der Waals surface area contributed by atoms with Crippen LogP contribution in [0.1, 0.15) is 25.8 Å². The van der Waals surface area contributed by atoms with Gasteiger partial charge in [-0.3, -0.25) is 0 Å². The van der Waals surface area contributed by atoms with Crippen molar-refractivity contribution in [2.45, 2.75) is 26.8 Å². The minimum Gasteiger partial charge on any atom is -0.493 e. The van der Waals surface area contributed by atoms with Crippen LogP contribution in [0.4, 0.5) is 0 Å². The zero-order valence-corrected chi connectivity index (χ0v) is 19.3. The molecule has 0 spiro atoms. The van der Waals surface area contributed by atoms with Gasteiger partial charge in [0.15, 0.2) is 17.5 Å². The van der Waals surface area contributed by atoms with Crippen molar-refractivity contribution in [3.8, 4) is 11.5 Å². The molecule has 0 saturated heterocycles. The molecule has 0 atom stereocenters. The molecular weight excluding hydrogens is 501 g/mol. The molecule has 0 amide bonds. The molecule has 0 fully saturated rings. The van der Waals surface area contributed by atoms with Crippen molar-refractivity contribution in [3.05, 3.63) is 22.2 Å². The molecule has 25 heavy (non-hydrogen) atoms. The molecule has 0 aromatic heterocycles. The molecule has 2 N–H and O–H groups in total. The standard InChI is InChI=1S/C17H28BrN3O3.HI/c1-5-19-17(20-8-7-9-24-6-2)21-12-13-10-14(18)16(23-4)15(11-13)22-3;/h10-11H,5-9,12H2,1-4H3,(H2,19,20,21);1H. The second kappa shape index (κ2) is 14.4. The Balaban J connectivity index is 0.00000576. The number of rotatable bonds is 10. The highest BCUT2D eigenvalue weighted by molar-refractivity contribution is 14.0. The highest BCUT2D eigenvalue weighted by atomic mass is 127. The number of halogens is 2. The summed E-state index contributed by atoms with van der Waals surface area (Å²) in [5, 5.41) is 6.55. The maximum absolute atomic E-state index is 5.37. The summed E-state index contributed by atoms with van der Waals surface area (Å²) in [5.41, 5.74) is 1.03. The van der Waals surface area contributed by atoms with Gasteiger partial charge in [0.25, 0.3) is 0 Å².